The van der Waals surface area contributed by atoms with Crippen LogP contribution in [0.1, 0.15) is 28.4 Å². The molecule has 0 fully saturated rings. The lowest BCUT2D eigenvalue weighted by atomic mass is 10.1. The zero-order valence-electron chi connectivity index (χ0n) is 13.3. The normalized spacial score (nSPS) is 10.3. The average Bonchev–Trinajstić information content (AvgIpc) is 2.56. The minimum Gasteiger partial charge on any atom is -0.494 e. The van der Waals surface area contributed by atoms with Crippen LogP contribution in [0.4, 0.5) is 10.1 Å². The number of amides is 1. The van der Waals surface area contributed by atoms with E-state index in [4.69, 9.17) is 4.74 Å². The van der Waals surface area contributed by atoms with Crippen molar-refractivity contribution in [3.8, 4) is 5.75 Å². The summed E-state index contributed by atoms with van der Waals surface area (Å²) >= 11 is 0. The van der Waals surface area contributed by atoms with Crippen LogP contribution in [0, 0.1) is 22.9 Å². The number of nitro groups is 1. The average molecular weight is 332 g/mol. The van der Waals surface area contributed by atoms with Crippen molar-refractivity contribution in [3.05, 3.63) is 69.0 Å². The summed E-state index contributed by atoms with van der Waals surface area (Å²) in [5.41, 5.74) is 0.140. The van der Waals surface area contributed by atoms with E-state index < -0.39 is 22.3 Å². The molecule has 0 bridgehead atoms. The van der Waals surface area contributed by atoms with E-state index in [9.17, 15) is 19.3 Å². The van der Waals surface area contributed by atoms with Gasteiger partial charge < -0.3 is 10.1 Å². The van der Waals surface area contributed by atoms with E-state index in [1.807, 2.05) is 13.0 Å². The number of nitrogens with zero attached hydrogens (tertiary/aromatic N) is 1. The van der Waals surface area contributed by atoms with Crippen LogP contribution in [0.2, 0.25) is 0 Å². The molecular formula is C17H17FN2O4. The molecule has 0 atom stereocenters. The van der Waals surface area contributed by atoms with Crippen molar-refractivity contribution in [2.75, 3.05) is 6.61 Å². The predicted octanol–water partition coefficient (Wildman–Crippen LogP) is 3.37. The molecule has 7 heteroatoms. The largest absolute Gasteiger partial charge is 0.494 e. The van der Waals surface area contributed by atoms with E-state index in [-0.39, 0.29) is 17.7 Å². The molecule has 24 heavy (non-hydrogen) atoms. The van der Waals surface area contributed by atoms with Crippen LogP contribution in [0.5, 0.6) is 5.75 Å². The summed E-state index contributed by atoms with van der Waals surface area (Å²) in [6, 6.07) is 9.26. The molecule has 0 aliphatic rings. The molecule has 2 rings (SSSR count). The zero-order valence-corrected chi connectivity index (χ0v) is 13.3. The monoisotopic (exact) mass is 332 g/mol. The number of carbonyl (C=O) groups excluding carboxylic acids is 1. The maximum Gasteiger partial charge on any atom is 0.276 e. The summed E-state index contributed by atoms with van der Waals surface area (Å²) in [6.45, 7) is 3.80. The molecule has 0 unspecified atom stereocenters. The maximum atomic E-state index is 13.8. The van der Waals surface area contributed by atoms with Crippen LogP contribution >= 0.6 is 0 Å². The number of para-hydroxylation sites is 1. The summed E-state index contributed by atoms with van der Waals surface area (Å²) in [7, 11) is 0. The third-order valence-electron chi connectivity index (χ3n) is 3.49. The number of hydrogen-bond donors (Lipinski definition) is 1. The van der Waals surface area contributed by atoms with Crippen LogP contribution < -0.4 is 10.1 Å². The lowest BCUT2D eigenvalue weighted by Crippen LogP contribution is -2.23. The Morgan fingerprint density at radius 2 is 2.04 bits per heavy atom. The van der Waals surface area contributed by atoms with E-state index in [1.165, 1.54) is 6.92 Å². The van der Waals surface area contributed by atoms with Gasteiger partial charge in [0.05, 0.1) is 17.1 Å². The standard InChI is InChI=1S/C17H17FN2O4/c1-3-24-16-7-5-4-6-12(16)10-19-17(21)13-8-14(18)11(2)15(9-13)20(22)23/h4-9H,3,10H2,1-2H3,(H,19,21). The van der Waals surface area contributed by atoms with Gasteiger partial charge in [-0.25, -0.2) is 4.39 Å². The van der Waals surface area contributed by atoms with Gasteiger partial charge >= 0.3 is 0 Å². The van der Waals surface area contributed by atoms with Crippen molar-refractivity contribution in [1.29, 1.82) is 0 Å². The van der Waals surface area contributed by atoms with Crippen LogP contribution in [-0.2, 0) is 6.54 Å². The van der Waals surface area contributed by atoms with Crippen LogP contribution in [0.3, 0.4) is 0 Å². The fourth-order valence-corrected chi connectivity index (χ4v) is 2.21. The van der Waals surface area contributed by atoms with Crippen molar-refractivity contribution < 1.29 is 18.8 Å². The highest BCUT2D eigenvalue weighted by molar-refractivity contribution is 5.95. The van der Waals surface area contributed by atoms with E-state index in [2.05, 4.69) is 5.32 Å². The molecule has 0 saturated carbocycles. The summed E-state index contributed by atoms with van der Waals surface area (Å²) in [4.78, 5) is 22.4. The Morgan fingerprint density at radius 1 is 1.33 bits per heavy atom. The van der Waals surface area contributed by atoms with Crippen LogP contribution in [0.15, 0.2) is 36.4 Å². The number of carbonyl (C=O) groups is 1. The van der Waals surface area contributed by atoms with Gasteiger partial charge in [-0.15, -0.1) is 0 Å². The summed E-state index contributed by atoms with van der Waals surface area (Å²) < 4.78 is 19.2. The molecular weight excluding hydrogens is 315 g/mol. The first-order valence-corrected chi connectivity index (χ1v) is 7.37. The molecule has 126 valence electrons. The Morgan fingerprint density at radius 3 is 2.71 bits per heavy atom. The second-order valence-electron chi connectivity index (χ2n) is 5.08. The first kappa shape index (κ1) is 17.4. The SMILES string of the molecule is CCOc1ccccc1CNC(=O)c1cc(F)c(C)c([N+](=O)[O-])c1. The molecule has 1 amide bonds. The van der Waals surface area contributed by atoms with E-state index >= 15 is 0 Å². The van der Waals surface area contributed by atoms with E-state index in [0.717, 1.165) is 17.7 Å². The number of benzene rings is 2. The molecule has 0 aliphatic carbocycles. The maximum absolute atomic E-state index is 13.8. The Bertz CT molecular complexity index is 777. The Hall–Kier alpha value is -2.96. The first-order valence-electron chi connectivity index (χ1n) is 7.37. The first-order chi connectivity index (χ1) is 11.4. The minimum atomic E-state index is -0.788. The molecule has 2 aromatic rings. The molecule has 1 N–H and O–H groups in total. The van der Waals surface area contributed by atoms with Gasteiger partial charge in [0.25, 0.3) is 11.6 Å². The molecule has 6 nitrogen and oxygen atoms in total. The minimum absolute atomic E-state index is 0.0984. The third-order valence-corrected chi connectivity index (χ3v) is 3.49. The molecule has 0 aromatic heterocycles. The van der Waals surface area contributed by atoms with E-state index in [0.29, 0.717) is 12.4 Å². The number of nitro benzene ring substituents is 1. The van der Waals surface area contributed by atoms with Gasteiger partial charge in [0.2, 0.25) is 0 Å². The second kappa shape index (κ2) is 7.54. The van der Waals surface area contributed by atoms with Crippen molar-refractivity contribution in [2.45, 2.75) is 20.4 Å². The molecule has 2 aromatic carbocycles. The zero-order chi connectivity index (χ0) is 17.7. The highest BCUT2D eigenvalue weighted by Crippen LogP contribution is 2.23. The van der Waals surface area contributed by atoms with Crippen molar-refractivity contribution in [3.63, 3.8) is 0 Å². The Balaban J connectivity index is 2.18. The summed E-state index contributed by atoms with van der Waals surface area (Å²) in [5, 5.41) is 13.6. The van der Waals surface area contributed by atoms with Crippen molar-refractivity contribution in [2.24, 2.45) is 0 Å². The lowest BCUT2D eigenvalue weighted by molar-refractivity contribution is -0.385. The summed E-state index contributed by atoms with van der Waals surface area (Å²) in [5.74, 6) is -0.742. The van der Waals surface area contributed by atoms with Gasteiger partial charge in [-0.05, 0) is 26.0 Å². The van der Waals surface area contributed by atoms with Crippen molar-refractivity contribution >= 4 is 11.6 Å². The third kappa shape index (κ3) is 3.87. The highest BCUT2D eigenvalue weighted by Gasteiger charge is 2.19. The molecule has 0 saturated heterocycles. The number of hydrogen-bond acceptors (Lipinski definition) is 4. The number of rotatable bonds is 6. The number of ether oxygens (including phenoxy) is 1. The highest BCUT2D eigenvalue weighted by atomic mass is 19.1. The van der Waals surface area contributed by atoms with Gasteiger partial charge in [0, 0.05) is 23.7 Å². The van der Waals surface area contributed by atoms with Crippen molar-refractivity contribution in [1.82, 2.24) is 5.32 Å². The van der Waals surface area contributed by atoms with Gasteiger partial charge in [0.1, 0.15) is 11.6 Å². The fraction of sp³-hybridized carbons (Fsp3) is 0.235. The molecule has 0 heterocycles. The topological polar surface area (TPSA) is 81.5 Å². The Labute approximate surface area is 138 Å². The van der Waals surface area contributed by atoms with Gasteiger partial charge in [0.15, 0.2) is 0 Å². The molecule has 0 radical (unpaired) electrons. The van der Waals surface area contributed by atoms with Crippen LogP contribution in [-0.4, -0.2) is 17.4 Å². The number of halogens is 1. The quantitative estimate of drug-likeness (QED) is 0.649. The predicted molar refractivity (Wildman–Crippen MR) is 86.6 cm³/mol. The van der Waals surface area contributed by atoms with Gasteiger partial charge in [-0.1, -0.05) is 18.2 Å². The lowest BCUT2D eigenvalue weighted by Gasteiger charge is -2.11. The Kier molecular flexibility index (Phi) is 5.47. The smallest absolute Gasteiger partial charge is 0.276 e. The van der Waals surface area contributed by atoms with E-state index in [1.54, 1.807) is 18.2 Å². The summed E-state index contributed by atoms with van der Waals surface area (Å²) in [6.07, 6.45) is 0. The van der Waals surface area contributed by atoms with Crippen LogP contribution in [0.25, 0.3) is 0 Å². The molecule has 0 aliphatic heterocycles. The molecule has 0 spiro atoms. The van der Waals surface area contributed by atoms with Gasteiger partial charge in [-0.3, -0.25) is 14.9 Å². The second-order valence-corrected chi connectivity index (χ2v) is 5.08. The fourth-order valence-electron chi connectivity index (χ4n) is 2.21. The van der Waals surface area contributed by atoms with Gasteiger partial charge in [-0.2, -0.15) is 0 Å². The number of nitrogens with one attached hydrogen (secondary N) is 1.